The van der Waals surface area contributed by atoms with Gasteiger partial charge in [-0.15, -0.1) is 10.2 Å². The molecule has 29 heavy (non-hydrogen) atoms. The molecule has 0 saturated carbocycles. The third-order valence-corrected chi connectivity index (χ3v) is 4.81. The molecule has 0 aliphatic heterocycles. The minimum atomic E-state index is 0.616. The van der Waals surface area contributed by atoms with Crippen LogP contribution in [0.3, 0.4) is 0 Å². The number of hydrogen-bond acceptors (Lipinski definition) is 6. The Balaban J connectivity index is 1.46. The summed E-state index contributed by atoms with van der Waals surface area (Å²) in [7, 11) is 1.68. The predicted octanol–water partition coefficient (Wildman–Crippen LogP) is 2.77. The molecule has 0 fully saturated rings. The lowest BCUT2D eigenvalue weighted by Gasteiger charge is -2.04. The highest BCUT2D eigenvalue weighted by Crippen LogP contribution is 2.19. The van der Waals surface area contributed by atoms with Crippen LogP contribution in [0.5, 0.6) is 0 Å². The maximum Gasteiger partial charge on any atom is 0.177 e. The molecule has 0 saturated heterocycles. The molecule has 8 nitrogen and oxygen atoms in total. The topological polar surface area (TPSA) is 83.0 Å². The lowest BCUT2D eigenvalue weighted by molar-refractivity contribution is 0.183. The van der Waals surface area contributed by atoms with E-state index in [-0.39, 0.29) is 0 Å². The molecular weight excluding hydrogens is 366 g/mol. The van der Waals surface area contributed by atoms with E-state index in [9.17, 15) is 0 Å². The van der Waals surface area contributed by atoms with Gasteiger partial charge in [0.2, 0.25) is 0 Å². The molecule has 4 aromatic heterocycles. The molecule has 8 heteroatoms. The van der Waals surface area contributed by atoms with Gasteiger partial charge in [0.1, 0.15) is 0 Å². The molecule has 0 unspecified atom stereocenters. The van der Waals surface area contributed by atoms with E-state index in [1.165, 1.54) is 0 Å². The van der Waals surface area contributed by atoms with Crippen molar-refractivity contribution in [1.82, 2.24) is 34.6 Å². The third kappa shape index (κ3) is 3.45. The number of hydrogen-bond donors (Lipinski definition) is 0. The van der Waals surface area contributed by atoms with Gasteiger partial charge in [-0.05, 0) is 35.9 Å². The second-order valence-corrected chi connectivity index (χ2v) is 6.80. The lowest BCUT2D eigenvalue weighted by Crippen LogP contribution is -2.04. The van der Waals surface area contributed by atoms with Gasteiger partial charge in [0, 0.05) is 36.9 Å². The number of ether oxygens (including phenoxy) is 1. The van der Waals surface area contributed by atoms with Gasteiger partial charge in [0.15, 0.2) is 11.5 Å². The van der Waals surface area contributed by atoms with Crippen molar-refractivity contribution in [3.05, 3.63) is 72.4 Å². The summed E-state index contributed by atoms with van der Waals surface area (Å²) in [4.78, 5) is 4.37. The number of pyridine rings is 1. The van der Waals surface area contributed by atoms with E-state index in [1.807, 2.05) is 41.3 Å². The monoisotopic (exact) mass is 385 g/mol. The molecule has 1 aromatic carbocycles. The van der Waals surface area contributed by atoms with Crippen molar-refractivity contribution in [2.24, 2.45) is 0 Å². The fourth-order valence-electron chi connectivity index (χ4n) is 3.32. The quantitative estimate of drug-likeness (QED) is 0.447. The summed E-state index contributed by atoms with van der Waals surface area (Å²) < 4.78 is 8.76. The molecule has 5 rings (SSSR count). The summed E-state index contributed by atoms with van der Waals surface area (Å²) in [5.41, 5.74) is 4.61. The fraction of sp³-hybridized carbons (Fsp3) is 0.190. The van der Waals surface area contributed by atoms with Crippen molar-refractivity contribution in [2.75, 3.05) is 13.7 Å². The van der Waals surface area contributed by atoms with Crippen LogP contribution in [-0.2, 0) is 17.7 Å². The van der Waals surface area contributed by atoms with Crippen LogP contribution in [0.1, 0.15) is 11.4 Å². The van der Waals surface area contributed by atoms with Crippen LogP contribution in [0.4, 0.5) is 0 Å². The minimum absolute atomic E-state index is 0.616. The van der Waals surface area contributed by atoms with Crippen molar-refractivity contribution in [2.45, 2.75) is 13.0 Å². The Morgan fingerprint density at radius 2 is 2.03 bits per heavy atom. The van der Waals surface area contributed by atoms with Crippen LogP contribution in [-0.4, -0.2) is 48.3 Å². The second kappa shape index (κ2) is 7.40. The summed E-state index contributed by atoms with van der Waals surface area (Å²) >= 11 is 0. The Kier molecular flexibility index (Phi) is 4.45. The van der Waals surface area contributed by atoms with Crippen LogP contribution in [0.2, 0.25) is 0 Å². The van der Waals surface area contributed by atoms with Crippen LogP contribution < -0.4 is 0 Å². The van der Waals surface area contributed by atoms with Gasteiger partial charge in [-0.1, -0.05) is 12.1 Å². The smallest absolute Gasteiger partial charge is 0.177 e. The van der Waals surface area contributed by atoms with Crippen molar-refractivity contribution in [3.63, 3.8) is 0 Å². The molecule has 0 aliphatic rings. The third-order valence-electron chi connectivity index (χ3n) is 4.81. The van der Waals surface area contributed by atoms with Gasteiger partial charge in [0.05, 0.1) is 30.6 Å². The first-order chi connectivity index (χ1) is 14.3. The second-order valence-electron chi connectivity index (χ2n) is 6.80. The molecule has 0 atom stereocenters. The van der Waals surface area contributed by atoms with Crippen molar-refractivity contribution in [3.8, 4) is 11.3 Å². The maximum absolute atomic E-state index is 5.11. The maximum atomic E-state index is 5.11. The van der Waals surface area contributed by atoms with E-state index in [2.05, 4.69) is 38.5 Å². The molecule has 0 bridgehead atoms. The highest BCUT2D eigenvalue weighted by molar-refractivity contribution is 5.79. The zero-order chi connectivity index (χ0) is 19.6. The van der Waals surface area contributed by atoms with Gasteiger partial charge in [-0.25, -0.2) is 0 Å². The van der Waals surface area contributed by atoms with Crippen LogP contribution >= 0.6 is 0 Å². The molecular formula is C21H19N7O. The Bertz CT molecular complexity index is 1290. The highest BCUT2D eigenvalue weighted by Gasteiger charge is 2.11. The first-order valence-electron chi connectivity index (χ1n) is 9.37. The summed E-state index contributed by atoms with van der Waals surface area (Å²) in [6.45, 7) is 1.32. The normalized spacial score (nSPS) is 11.5. The van der Waals surface area contributed by atoms with E-state index in [0.29, 0.717) is 19.6 Å². The van der Waals surface area contributed by atoms with E-state index < -0.39 is 0 Å². The van der Waals surface area contributed by atoms with Gasteiger partial charge in [-0.3, -0.25) is 9.67 Å². The number of nitrogens with zero attached hydrogens (tertiary/aromatic N) is 7. The first-order valence-corrected chi connectivity index (χ1v) is 9.37. The summed E-state index contributed by atoms with van der Waals surface area (Å²) in [5, 5.41) is 18.8. The molecule has 0 aliphatic carbocycles. The van der Waals surface area contributed by atoms with Crippen LogP contribution in [0.15, 0.2) is 61.1 Å². The summed E-state index contributed by atoms with van der Waals surface area (Å²) in [5.74, 6) is 0.789. The number of methoxy groups -OCH3 is 1. The number of benzene rings is 1. The largest absolute Gasteiger partial charge is 0.383 e. The highest BCUT2D eigenvalue weighted by atomic mass is 16.5. The van der Waals surface area contributed by atoms with Crippen LogP contribution in [0, 0.1) is 0 Å². The van der Waals surface area contributed by atoms with Gasteiger partial charge < -0.3 is 4.74 Å². The summed E-state index contributed by atoms with van der Waals surface area (Å²) in [6.07, 6.45) is 6.21. The predicted molar refractivity (Wildman–Crippen MR) is 108 cm³/mol. The Morgan fingerprint density at radius 3 is 2.97 bits per heavy atom. The Hall–Kier alpha value is -3.65. The van der Waals surface area contributed by atoms with Gasteiger partial charge >= 0.3 is 0 Å². The number of rotatable bonds is 6. The molecule has 0 N–H and O–H groups in total. The van der Waals surface area contributed by atoms with Gasteiger partial charge in [0.25, 0.3) is 0 Å². The first kappa shape index (κ1) is 17.4. The lowest BCUT2D eigenvalue weighted by atomic mass is 10.1. The molecule has 144 valence electrons. The number of aromatic nitrogens is 7. The SMILES string of the molecule is COCCn1cc(-c2ccc3nnc(Cc4ccc5ncccc5c4)n3n2)cn1. The van der Waals surface area contributed by atoms with E-state index in [4.69, 9.17) is 9.84 Å². The van der Waals surface area contributed by atoms with E-state index >= 15 is 0 Å². The van der Waals surface area contributed by atoms with Crippen LogP contribution in [0.25, 0.3) is 27.8 Å². The molecule has 0 amide bonds. The zero-order valence-corrected chi connectivity index (χ0v) is 15.9. The molecule has 5 aromatic rings. The molecule has 0 spiro atoms. The standard InChI is InChI=1S/C21H19N7O/c1-29-10-9-27-14-17(13-23-27)19-6-7-20-24-25-21(28(20)26-19)12-15-4-5-18-16(11-15)3-2-8-22-18/h2-8,11,13-14H,9-10,12H2,1H3. The van der Waals surface area contributed by atoms with Crippen molar-refractivity contribution in [1.29, 1.82) is 0 Å². The average Bonchev–Trinajstić information content (AvgIpc) is 3.39. The molecule has 0 radical (unpaired) electrons. The average molecular weight is 385 g/mol. The van der Waals surface area contributed by atoms with E-state index in [1.54, 1.807) is 17.8 Å². The zero-order valence-electron chi connectivity index (χ0n) is 15.9. The Morgan fingerprint density at radius 1 is 1.07 bits per heavy atom. The fourth-order valence-corrected chi connectivity index (χ4v) is 3.32. The minimum Gasteiger partial charge on any atom is -0.383 e. The van der Waals surface area contributed by atoms with Crippen molar-refractivity contribution >= 4 is 16.6 Å². The summed E-state index contributed by atoms with van der Waals surface area (Å²) in [6, 6.07) is 14.1. The molecule has 4 heterocycles. The van der Waals surface area contributed by atoms with Crippen molar-refractivity contribution < 1.29 is 4.74 Å². The van der Waals surface area contributed by atoms with E-state index in [0.717, 1.165) is 39.2 Å². The Labute approximate surface area is 166 Å². The van der Waals surface area contributed by atoms with Gasteiger partial charge in [-0.2, -0.15) is 14.7 Å². The number of fused-ring (bicyclic) bond motifs is 2.